The number of hydrogen-bond donors (Lipinski definition) is 1. The Hall–Kier alpha value is -2.20. The summed E-state index contributed by atoms with van der Waals surface area (Å²) < 4.78 is 17.2. The van der Waals surface area contributed by atoms with E-state index in [1.807, 2.05) is 55.5 Å². The fourth-order valence-electron chi connectivity index (χ4n) is 2.59. The number of benzene rings is 2. The van der Waals surface area contributed by atoms with Crippen LogP contribution in [0.15, 0.2) is 48.5 Å². The van der Waals surface area contributed by atoms with Crippen LogP contribution >= 0.6 is 0 Å². The van der Waals surface area contributed by atoms with Crippen molar-refractivity contribution in [2.75, 3.05) is 13.2 Å². The van der Waals surface area contributed by atoms with Gasteiger partial charge in [-0.15, -0.1) is 0 Å². The molecule has 0 saturated carbocycles. The Balaban J connectivity index is 1.75. The molecule has 0 aromatic heterocycles. The number of rotatable bonds is 4. The number of hydrogen-bond acceptors (Lipinski definition) is 4. The minimum Gasteiger partial charge on any atom is -0.494 e. The molecule has 0 fully saturated rings. The molecule has 0 amide bonds. The topological polar surface area (TPSA) is 53.7 Å². The zero-order valence-corrected chi connectivity index (χ0v) is 12.7. The van der Waals surface area contributed by atoms with Gasteiger partial charge < -0.3 is 19.9 Å². The van der Waals surface area contributed by atoms with Gasteiger partial charge in [0.25, 0.3) is 0 Å². The molecule has 0 bridgehead atoms. The lowest BCUT2D eigenvalue weighted by Crippen LogP contribution is -2.31. The Labute approximate surface area is 130 Å². The van der Waals surface area contributed by atoms with Crippen LogP contribution in [0.2, 0.25) is 0 Å². The molecule has 3 rings (SSSR count). The van der Waals surface area contributed by atoms with Crippen LogP contribution < -0.4 is 19.9 Å². The monoisotopic (exact) mass is 299 g/mol. The molecule has 4 nitrogen and oxygen atoms in total. The van der Waals surface area contributed by atoms with Crippen LogP contribution in [0.4, 0.5) is 0 Å². The van der Waals surface area contributed by atoms with E-state index in [1.165, 1.54) is 0 Å². The summed E-state index contributed by atoms with van der Waals surface area (Å²) in [5.74, 6) is 2.39. The molecular weight excluding hydrogens is 278 g/mol. The summed E-state index contributed by atoms with van der Waals surface area (Å²) in [6.07, 6.45) is 0.643. The van der Waals surface area contributed by atoms with E-state index in [4.69, 9.17) is 19.9 Å². The molecule has 1 heterocycles. The Morgan fingerprint density at radius 3 is 2.59 bits per heavy atom. The first-order valence-electron chi connectivity index (χ1n) is 7.64. The molecule has 4 heteroatoms. The molecule has 2 N–H and O–H groups in total. The minimum atomic E-state index is -0.203. The molecule has 1 aliphatic rings. The van der Waals surface area contributed by atoms with Gasteiger partial charge in [-0.25, -0.2) is 0 Å². The lowest BCUT2D eigenvalue weighted by molar-refractivity contribution is 0.162. The third-order valence-electron chi connectivity index (χ3n) is 3.76. The van der Waals surface area contributed by atoms with Crippen LogP contribution in [0.5, 0.6) is 17.2 Å². The van der Waals surface area contributed by atoms with Gasteiger partial charge in [-0.3, -0.25) is 0 Å². The van der Waals surface area contributed by atoms with Gasteiger partial charge in [-0.2, -0.15) is 0 Å². The smallest absolute Gasteiger partial charge is 0.161 e. The van der Waals surface area contributed by atoms with E-state index in [0.717, 1.165) is 29.2 Å². The van der Waals surface area contributed by atoms with Crippen molar-refractivity contribution in [1.82, 2.24) is 0 Å². The summed E-state index contributed by atoms with van der Waals surface area (Å²) in [7, 11) is 0. The first-order chi connectivity index (χ1) is 10.8. The van der Waals surface area contributed by atoms with E-state index in [0.29, 0.717) is 13.2 Å². The zero-order chi connectivity index (χ0) is 15.4. The first-order valence-corrected chi connectivity index (χ1v) is 7.64. The Morgan fingerprint density at radius 2 is 1.86 bits per heavy atom. The van der Waals surface area contributed by atoms with Gasteiger partial charge in [0, 0.05) is 6.42 Å². The highest BCUT2D eigenvalue weighted by atomic mass is 16.5. The number of fused-ring (bicyclic) bond motifs is 1. The van der Waals surface area contributed by atoms with E-state index >= 15 is 0 Å². The van der Waals surface area contributed by atoms with Gasteiger partial charge in [-0.05, 0) is 36.8 Å². The van der Waals surface area contributed by atoms with Crippen LogP contribution in [-0.2, 0) is 0 Å². The lowest BCUT2D eigenvalue weighted by atomic mass is 10.00. The van der Waals surface area contributed by atoms with Crippen LogP contribution in [0.25, 0.3) is 0 Å². The van der Waals surface area contributed by atoms with Gasteiger partial charge in [-0.1, -0.05) is 24.3 Å². The van der Waals surface area contributed by atoms with Crippen molar-refractivity contribution in [2.45, 2.75) is 25.5 Å². The Kier molecular flexibility index (Phi) is 4.49. The van der Waals surface area contributed by atoms with Crippen molar-refractivity contribution in [1.29, 1.82) is 0 Å². The van der Waals surface area contributed by atoms with E-state index in [1.54, 1.807) is 0 Å². The van der Waals surface area contributed by atoms with Crippen molar-refractivity contribution in [3.63, 3.8) is 0 Å². The van der Waals surface area contributed by atoms with Crippen molar-refractivity contribution >= 4 is 0 Å². The Morgan fingerprint density at radius 1 is 1.14 bits per heavy atom. The molecule has 0 spiro atoms. The van der Waals surface area contributed by atoms with Crippen molar-refractivity contribution in [3.8, 4) is 17.2 Å². The van der Waals surface area contributed by atoms with Crippen LogP contribution in [0, 0.1) is 0 Å². The summed E-state index contributed by atoms with van der Waals surface area (Å²) in [4.78, 5) is 0. The summed E-state index contributed by atoms with van der Waals surface area (Å²) in [5, 5.41) is 0. The maximum atomic E-state index is 6.40. The standard InChI is InChI=1S/C18H21NO3/c1-2-20-14-9-7-13(8-10-14)18(19)17-11-12-21-15-5-3-4-6-16(15)22-17/h3-10,17-18H,2,11-12,19H2,1H3. The van der Waals surface area contributed by atoms with Crippen molar-refractivity contribution < 1.29 is 14.2 Å². The summed E-state index contributed by atoms with van der Waals surface area (Å²) in [5.41, 5.74) is 7.43. The highest BCUT2D eigenvalue weighted by Gasteiger charge is 2.25. The molecule has 2 unspecified atom stereocenters. The van der Waals surface area contributed by atoms with Gasteiger partial charge in [0.05, 0.1) is 19.3 Å². The lowest BCUT2D eigenvalue weighted by Gasteiger charge is -2.23. The number of ether oxygens (including phenoxy) is 3. The maximum Gasteiger partial charge on any atom is 0.161 e. The van der Waals surface area contributed by atoms with Crippen LogP contribution in [0.3, 0.4) is 0 Å². The van der Waals surface area contributed by atoms with Crippen LogP contribution in [-0.4, -0.2) is 19.3 Å². The highest BCUT2D eigenvalue weighted by Crippen LogP contribution is 2.33. The third kappa shape index (κ3) is 3.17. The molecule has 116 valence electrons. The molecule has 2 atom stereocenters. The summed E-state index contributed by atoms with van der Waals surface area (Å²) in [6.45, 7) is 3.23. The van der Waals surface area contributed by atoms with Gasteiger partial charge in [0.2, 0.25) is 0 Å². The van der Waals surface area contributed by atoms with Gasteiger partial charge in [0.1, 0.15) is 11.9 Å². The maximum absolute atomic E-state index is 6.40. The largest absolute Gasteiger partial charge is 0.494 e. The predicted octanol–water partition coefficient (Wildman–Crippen LogP) is 3.32. The number of para-hydroxylation sites is 2. The second kappa shape index (κ2) is 6.71. The normalized spacial score (nSPS) is 18.4. The zero-order valence-electron chi connectivity index (χ0n) is 12.7. The van der Waals surface area contributed by atoms with E-state index < -0.39 is 0 Å². The van der Waals surface area contributed by atoms with E-state index in [2.05, 4.69) is 0 Å². The fraction of sp³-hybridized carbons (Fsp3) is 0.333. The molecular formula is C18H21NO3. The fourth-order valence-corrected chi connectivity index (χ4v) is 2.59. The number of nitrogens with two attached hydrogens (primary N) is 1. The minimum absolute atomic E-state index is 0.110. The van der Waals surface area contributed by atoms with Crippen molar-refractivity contribution in [2.24, 2.45) is 5.73 Å². The molecule has 1 aliphatic heterocycles. The summed E-state index contributed by atoms with van der Waals surface area (Å²) >= 11 is 0. The third-order valence-corrected chi connectivity index (χ3v) is 3.76. The second-order valence-corrected chi connectivity index (χ2v) is 5.27. The predicted molar refractivity (Wildman–Crippen MR) is 85.5 cm³/mol. The quantitative estimate of drug-likeness (QED) is 0.941. The first kappa shape index (κ1) is 14.7. The SMILES string of the molecule is CCOc1ccc(C(N)C2CCOc3ccccc3O2)cc1. The average molecular weight is 299 g/mol. The molecule has 2 aromatic rings. The molecule has 0 saturated heterocycles. The van der Waals surface area contributed by atoms with Gasteiger partial charge >= 0.3 is 0 Å². The molecule has 0 aliphatic carbocycles. The van der Waals surface area contributed by atoms with E-state index in [9.17, 15) is 0 Å². The van der Waals surface area contributed by atoms with Gasteiger partial charge in [0.15, 0.2) is 11.5 Å². The summed E-state index contributed by atoms with van der Waals surface area (Å²) in [6, 6.07) is 15.4. The van der Waals surface area contributed by atoms with Crippen LogP contribution in [0.1, 0.15) is 24.9 Å². The molecule has 0 radical (unpaired) electrons. The average Bonchev–Trinajstić information content (AvgIpc) is 2.77. The van der Waals surface area contributed by atoms with E-state index in [-0.39, 0.29) is 12.1 Å². The molecule has 2 aromatic carbocycles. The highest BCUT2D eigenvalue weighted by molar-refractivity contribution is 5.40. The van der Waals surface area contributed by atoms with Crippen molar-refractivity contribution in [3.05, 3.63) is 54.1 Å². The molecule has 22 heavy (non-hydrogen) atoms. The second-order valence-electron chi connectivity index (χ2n) is 5.27. The Bertz CT molecular complexity index is 612.